The van der Waals surface area contributed by atoms with Gasteiger partial charge in [0.2, 0.25) is 5.91 Å². The van der Waals surface area contributed by atoms with Crippen LogP contribution in [0.15, 0.2) is 54.6 Å². The summed E-state index contributed by atoms with van der Waals surface area (Å²) in [4.78, 5) is 12.3. The van der Waals surface area contributed by atoms with Crippen LogP contribution >= 0.6 is 12.4 Å². The molecule has 7 heteroatoms. The normalized spacial score (nSPS) is 12.8. The Bertz CT molecular complexity index is 686. The number of hydrogen-bond acceptors (Lipinski definition) is 3. The number of amides is 1. The van der Waals surface area contributed by atoms with E-state index in [0.29, 0.717) is 5.75 Å². The molecule has 0 heterocycles. The Kier molecular flexibility index (Phi) is 9.02. The standard InChI is InChI=1S/C19H22F2N2O2.ClH/c1-13(18(22)15-7-3-2-4-8-15)19(24)23-11-14-6-5-9-16(10-14)25-12-17(20)21;/h2-10,13,17-18H,11-12,22H2,1H3,(H,23,24);1H. The molecule has 1 amide bonds. The summed E-state index contributed by atoms with van der Waals surface area (Å²) < 4.78 is 29.3. The van der Waals surface area contributed by atoms with Crippen molar-refractivity contribution in [1.29, 1.82) is 0 Å². The average molecular weight is 385 g/mol. The quantitative estimate of drug-likeness (QED) is 0.729. The van der Waals surface area contributed by atoms with Crippen LogP contribution in [-0.4, -0.2) is 18.9 Å². The molecule has 3 N–H and O–H groups in total. The van der Waals surface area contributed by atoms with Gasteiger partial charge in [-0.05, 0) is 23.3 Å². The Balaban J connectivity index is 0.00000338. The lowest BCUT2D eigenvalue weighted by Gasteiger charge is -2.20. The Morgan fingerprint density at radius 3 is 2.50 bits per heavy atom. The molecule has 0 spiro atoms. The highest BCUT2D eigenvalue weighted by atomic mass is 35.5. The average Bonchev–Trinajstić information content (AvgIpc) is 2.64. The maximum atomic E-state index is 12.3. The third-order valence-corrected chi connectivity index (χ3v) is 3.88. The third-order valence-electron chi connectivity index (χ3n) is 3.88. The molecule has 2 aromatic rings. The molecule has 0 fully saturated rings. The number of carbonyl (C=O) groups excluding carboxylic acids is 1. The van der Waals surface area contributed by atoms with Crippen LogP contribution in [0.2, 0.25) is 0 Å². The number of nitrogens with one attached hydrogen (secondary N) is 1. The molecule has 2 aromatic carbocycles. The van der Waals surface area contributed by atoms with E-state index in [0.717, 1.165) is 11.1 Å². The van der Waals surface area contributed by atoms with E-state index in [1.54, 1.807) is 31.2 Å². The van der Waals surface area contributed by atoms with E-state index in [1.807, 2.05) is 30.3 Å². The van der Waals surface area contributed by atoms with Gasteiger partial charge in [0.1, 0.15) is 12.4 Å². The van der Waals surface area contributed by atoms with Crippen LogP contribution in [0.25, 0.3) is 0 Å². The molecule has 0 saturated heterocycles. The fourth-order valence-electron chi connectivity index (χ4n) is 2.38. The molecule has 2 unspecified atom stereocenters. The molecule has 4 nitrogen and oxygen atoms in total. The molecule has 0 aliphatic heterocycles. The Morgan fingerprint density at radius 2 is 1.85 bits per heavy atom. The lowest BCUT2D eigenvalue weighted by atomic mass is 9.94. The zero-order chi connectivity index (χ0) is 18.2. The van der Waals surface area contributed by atoms with Gasteiger partial charge in [0.05, 0.1) is 5.92 Å². The van der Waals surface area contributed by atoms with Gasteiger partial charge in [0.15, 0.2) is 0 Å². The van der Waals surface area contributed by atoms with Crippen molar-refractivity contribution in [3.05, 3.63) is 65.7 Å². The second-order valence-electron chi connectivity index (χ2n) is 5.79. The van der Waals surface area contributed by atoms with Gasteiger partial charge in [-0.1, -0.05) is 49.4 Å². The molecule has 0 aliphatic carbocycles. The molecule has 0 saturated carbocycles. The molecule has 142 valence electrons. The van der Waals surface area contributed by atoms with Crippen LogP contribution in [-0.2, 0) is 11.3 Å². The van der Waals surface area contributed by atoms with Gasteiger partial charge in [0, 0.05) is 12.6 Å². The molecule has 2 atom stereocenters. The van der Waals surface area contributed by atoms with Crippen molar-refractivity contribution < 1.29 is 18.3 Å². The predicted molar refractivity (Wildman–Crippen MR) is 99.6 cm³/mol. The van der Waals surface area contributed by atoms with E-state index in [9.17, 15) is 13.6 Å². The van der Waals surface area contributed by atoms with Crippen LogP contribution in [0.5, 0.6) is 5.75 Å². The van der Waals surface area contributed by atoms with E-state index in [-0.39, 0.29) is 24.9 Å². The molecule has 0 radical (unpaired) electrons. The highest BCUT2D eigenvalue weighted by Crippen LogP contribution is 2.19. The van der Waals surface area contributed by atoms with Crippen LogP contribution in [0.1, 0.15) is 24.1 Å². The zero-order valence-corrected chi connectivity index (χ0v) is 15.2. The van der Waals surface area contributed by atoms with Crippen LogP contribution < -0.4 is 15.8 Å². The first-order chi connectivity index (χ1) is 12.0. The first-order valence-electron chi connectivity index (χ1n) is 8.05. The van der Waals surface area contributed by atoms with Crippen LogP contribution in [0.4, 0.5) is 8.78 Å². The minimum absolute atomic E-state index is 0. The predicted octanol–water partition coefficient (Wildman–Crippen LogP) is 3.70. The second-order valence-corrected chi connectivity index (χ2v) is 5.79. The minimum Gasteiger partial charge on any atom is -0.488 e. The first kappa shape index (κ1) is 21.9. The lowest BCUT2D eigenvalue weighted by Crippen LogP contribution is -2.35. The monoisotopic (exact) mass is 384 g/mol. The highest BCUT2D eigenvalue weighted by Gasteiger charge is 2.21. The number of halogens is 3. The van der Waals surface area contributed by atoms with Crippen molar-refractivity contribution >= 4 is 18.3 Å². The van der Waals surface area contributed by atoms with E-state index in [4.69, 9.17) is 10.5 Å². The van der Waals surface area contributed by atoms with Gasteiger partial charge in [-0.3, -0.25) is 4.79 Å². The molecule has 0 bridgehead atoms. The largest absolute Gasteiger partial charge is 0.488 e. The van der Waals surface area contributed by atoms with E-state index >= 15 is 0 Å². The fraction of sp³-hybridized carbons (Fsp3) is 0.316. The number of carbonyl (C=O) groups is 1. The zero-order valence-electron chi connectivity index (χ0n) is 14.4. The molecule has 0 aromatic heterocycles. The van der Waals surface area contributed by atoms with E-state index in [1.165, 1.54) is 0 Å². The summed E-state index contributed by atoms with van der Waals surface area (Å²) in [5.41, 5.74) is 7.81. The Labute approximate surface area is 158 Å². The number of hydrogen-bond donors (Lipinski definition) is 2. The van der Waals surface area contributed by atoms with Gasteiger partial charge in [0.25, 0.3) is 6.43 Å². The van der Waals surface area contributed by atoms with Crippen LogP contribution in [0, 0.1) is 5.92 Å². The van der Waals surface area contributed by atoms with Crippen molar-refractivity contribution in [2.45, 2.75) is 25.9 Å². The molecular weight excluding hydrogens is 362 g/mol. The summed E-state index contributed by atoms with van der Waals surface area (Å²) in [7, 11) is 0. The van der Waals surface area contributed by atoms with Crippen molar-refractivity contribution in [3.8, 4) is 5.75 Å². The summed E-state index contributed by atoms with van der Waals surface area (Å²) in [5.74, 6) is -0.225. The van der Waals surface area contributed by atoms with Crippen molar-refractivity contribution in [2.24, 2.45) is 11.7 Å². The van der Waals surface area contributed by atoms with Crippen LogP contribution in [0.3, 0.4) is 0 Å². The van der Waals surface area contributed by atoms with Gasteiger partial charge in [-0.2, -0.15) is 0 Å². The number of nitrogens with two attached hydrogens (primary N) is 1. The molecule has 26 heavy (non-hydrogen) atoms. The Hall–Kier alpha value is -2.18. The van der Waals surface area contributed by atoms with Gasteiger partial charge < -0.3 is 15.8 Å². The van der Waals surface area contributed by atoms with E-state index in [2.05, 4.69) is 5.32 Å². The Morgan fingerprint density at radius 1 is 1.15 bits per heavy atom. The maximum Gasteiger partial charge on any atom is 0.272 e. The highest BCUT2D eigenvalue weighted by molar-refractivity contribution is 5.85. The summed E-state index contributed by atoms with van der Waals surface area (Å²) >= 11 is 0. The SMILES string of the molecule is CC(C(=O)NCc1cccc(OCC(F)F)c1)C(N)c1ccccc1.Cl. The van der Waals surface area contributed by atoms with Gasteiger partial charge in [-0.15, -0.1) is 12.4 Å². The lowest BCUT2D eigenvalue weighted by molar-refractivity contribution is -0.125. The fourth-order valence-corrected chi connectivity index (χ4v) is 2.38. The maximum absolute atomic E-state index is 12.3. The first-order valence-corrected chi connectivity index (χ1v) is 8.05. The molecular formula is C19H23ClF2N2O2. The second kappa shape index (κ2) is 10.7. The molecule has 2 rings (SSSR count). The summed E-state index contributed by atoms with van der Waals surface area (Å²) in [6.45, 7) is 1.39. The molecule has 0 aliphatic rings. The van der Waals surface area contributed by atoms with Crippen molar-refractivity contribution in [2.75, 3.05) is 6.61 Å². The van der Waals surface area contributed by atoms with Crippen molar-refractivity contribution in [3.63, 3.8) is 0 Å². The minimum atomic E-state index is -2.52. The number of ether oxygens (including phenoxy) is 1. The summed E-state index contributed by atoms with van der Waals surface area (Å²) in [6, 6.07) is 15.7. The van der Waals surface area contributed by atoms with Gasteiger partial charge in [-0.25, -0.2) is 8.78 Å². The summed E-state index contributed by atoms with van der Waals surface area (Å²) in [6.07, 6.45) is -2.52. The summed E-state index contributed by atoms with van der Waals surface area (Å²) in [5, 5.41) is 2.82. The number of benzene rings is 2. The third kappa shape index (κ3) is 6.61. The topological polar surface area (TPSA) is 64.3 Å². The number of rotatable bonds is 8. The van der Waals surface area contributed by atoms with Gasteiger partial charge >= 0.3 is 0 Å². The smallest absolute Gasteiger partial charge is 0.272 e. The van der Waals surface area contributed by atoms with E-state index < -0.39 is 25.0 Å². The number of alkyl halides is 2. The van der Waals surface area contributed by atoms with Crippen molar-refractivity contribution in [1.82, 2.24) is 5.32 Å².